The van der Waals surface area contributed by atoms with E-state index in [9.17, 15) is 22.8 Å². The van der Waals surface area contributed by atoms with E-state index in [4.69, 9.17) is 11.6 Å². The van der Waals surface area contributed by atoms with Crippen molar-refractivity contribution >= 4 is 62.4 Å². The van der Waals surface area contributed by atoms with Crippen LogP contribution >= 0.6 is 23.1 Å². The van der Waals surface area contributed by atoms with Crippen LogP contribution in [0.5, 0.6) is 0 Å². The number of pyridine rings is 1. The minimum absolute atomic E-state index is 0.122. The van der Waals surface area contributed by atoms with Gasteiger partial charge in [-0.3, -0.25) is 14.6 Å². The highest BCUT2D eigenvalue weighted by Crippen LogP contribution is 2.34. The molecular formula is C28H29ClF3N5O2S. The zero-order chi connectivity index (χ0) is 29.7. The van der Waals surface area contributed by atoms with E-state index in [1.54, 1.807) is 24.3 Å². The number of halogens is 4. The molecular weight excluding hydrogens is 563 g/mol. The predicted octanol–water partition coefficient (Wildman–Crippen LogP) is 8.05. The number of fused-ring (bicyclic) bond motifs is 1. The molecule has 4 aromatic rings. The van der Waals surface area contributed by atoms with Gasteiger partial charge in [-0.2, -0.15) is 17.5 Å². The summed E-state index contributed by atoms with van der Waals surface area (Å²) in [6.45, 7) is 9.66. The summed E-state index contributed by atoms with van der Waals surface area (Å²) in [5.41, 5.74) is 0.925. The van der Waals surface area contributed by atoms with Gasteiger partial charge in [0.25, 0.3) is 5.91 Å². The van der Waals surface area contributed by atoms with Gasteiger partial charge in [0.05, 0.1) is 26.5 Å². The van der Waals surface area contributed by atoms with Crippen LogP contribution < -0.4 is 16.0 Å². The van der Waals surface area contributed by atoms with Gasteiger partial charge < -0.3 is 16.0 Å². The molecule has 3 N–H and O–H groups in total. The Morgan fingerprint density at radius 1 is 1.00 bits per heavy atom. The number of amides is 2. The van der Waals surface area contributed by atoms with Crippen LogP contribution in [0.15, 0.2) is 54.7 Å². The number of rotatable bonds is 6. The smallest absolute Gasteiger partial charge is 0.352 e. The normalized spacial score (nSPS) is 11.4. The molecule has 2 amide bonds. The molecule has 0 aliphatic rings. The maximum absolute atomic E-state index is 13.1. The maximum Gasteiger partial charge on any atom is 0.416 e. The number of hydrogen-bond acceptors (Lipinski definition) is 6. The van der Waals surface area contributed by atoms with Gasteiger partial charge in [0.15, 0.2) is 5.82 Å². The Morgan fingerprint density at radius 3 is 2.30 bits per heavy atom. The third-order valence-corrected chi connectivity index (χ3v) is 6.69. The summed E-state index contributed by atoms with van der Waals surface area (Å²) in [7, 11) is 0. The summed E-state index contributed by atoms with van der Waals surface area (Å²) in [5.74, 6) is -0.240. The highest BCUT2D eigenvalue weighted by atomic mass is 35.5. The molecule has 0 radical (unpaired) electrons. The fourth-order valence-electron chi connectivity index (χ4n) is 3.40. The molecule has 0 fully saturated rings. The van der Waals surface area contributed by atoms with Gasteiger partial charge in [-0.05, 0) is 59.6 Å². The van der Waals surface area contributed by atoms with Crippen molar-refractivity contribution in [3.8, 4) is 0 Å². The zero-order valence-corrected chi connectivity index (χ0v) is 24.1. The van der Waals surface area contributed by atoms with E-state index >= 15 is 0 Å². The number of aromatic nitrogens is 2. The third kappa shape index (κ3) is 7.48. The molecule has 0 aliphatic carbocycles. The predicted molar refractivity (Wildman–Crippen MR) is 154 cm³/mol. The second-order valence-electron chi connectivity index (χ2n) is 9.47. The van der Waals surface area contributed by atoms with Crippen molar-refractivity contribution in [1.82, 2.24) is 14.7 Å². The molecule has 2 aromatic heterocycles. The lowest BCUT2D eigenvalue weighted by molar-refractivity contribution is -0.137. The van der Waals surface area contributed by atoms with Crippen molar-refractivity contribution in [2.24, 2.45) is 5.41 Å². The molecule has 0 unspecified atom stereocenters. The van der Waals surface area contributed by atoms with E-state index in [0.717, 1.165) is 23.7 Å². The van der Waals surface area contributed by atoms with Crippen LogP contribution in [0.4, 0.5) is 30.4 Å². The Balaban J connectivity index is 0.00000216. The number of anilines is 3. The second-order valence-corrected chi connectivity index (χ2v) is 10.6. The maximum atomic E-state index is 13.1. The minimum Gasteiger partial charge on any atom is -0.352 e. The first-order chi connectivity index (χ1) is 18.8. The number of alkyl halides is 3. The van der Waals surface area contributed by atoms with Crippen molar-refractivity contribution in [3.63, 3.8) is 0 Å². The van der Waals surface area contributed by atoms with Gasteiger partial charge in [0.2, 0.25) is 5.91 Å². The summed E-state index contributed by atoms with van der Waals surface area (Å²) in [5, 5.41) is 8.88. The van der Waals surface area contributed by atoms with Crippen LogP contribution in [0.1, 0.15) is 56.1 Å². The van der Waals surface area contributed by atoms with Gasteiger partial charge in [-0.25, -0.2) is 0 Å². The molecule has 0 spiro atoms. The number of hydrogen-bond donors (Lipinski definition) is 3. The lowest BCUT2D eigenvalue weighted by Crippen LogP contribution is -2.34. The molecule has 4 rings (SSSR count). The lowest BCUT2D eigenvalue weighted by Gasteiger charge is -2.18. The Labute approximate surface area is 239 Å². The average Bonchev–Trinajstić information content (AvgIpc) is 3.32. The topological polar surface area (TPSA) is 96.0 Å². The SMILES string of the molecule is CC.CC(C)(C)C(=O)NCc1ccc(Cl)c(C(=O)Nc2ccnc3c(Nc4ccc(C(F)(F)F)cc4)nsc23)c1. The number of nitrogens with one attached hydrogen (secondary N) is 3. The van der Waals surface area contributed by atoms with E-state index in [1.807, 2.05) is 34.6 Å². The highest BCUT2D eigenvalue weighted by Gasteiger charge is 2.30. The van der Waals surface area contributed by atoms with Gasteiger partial charge in [0.1, 0.15) is 5.52 Å². The molecule has 0 bridgehead atoms. The Morgan fingerprint density at radius 2 is 1.68 bits per heavy atom. The van der Waals surface area contributed by atoms with E-state index in [2.05, 4.69) is 25.3 Å². The van der Waals surface area contributed by atoms with E-state index < -0.39 is 23.1 Å². The lowest BCUT2D eigenvalue weighted by atomic mass is 9.95. The van der Waals surface area contributed by atoms with Gasteiger partial charge in [0, 0.05) is 23.8 Å². The van der Waals surface area contributed by atoms with Crippen molar-refractivity contribution in [1.29, 1.82) is 0 Å². The fourth-order valence-corrected chi connectivity index (χ4v) is 4.37. The molecule has 212 valence electrons. The molecule has 40 heavy (non-hydrogen) atoms. The Bertz CT molecular complexity index is 1500. The number of benzene rings is 2. The molecule has 2 heterocycles. The molecule has 0 atom stereocenters. The molecule has 2 aromatic carbocycles. The first kappa shape index (κ1) is 30.8. The standard InChI is InChI=1S/C26H23ClF3N5O2S.C2H6/c1-25(2,3)24(37)32-13-14-4-9-18(27)17(12-14)23(36)34-19-10-11-31-20-21(19)38-35-22(20)33-16-7-5-15(6-8-16)26(28,29)30;1-2/h4-12H,13H2,1-3H3,(H,32,37)(H,33,35)(H,31,34,36);1-2H3. The molecule has 0 saturated heterocycles. The summed E-state index contributed by atoms with van der Waals surface area (Å²) in [6, 6.07) is 11.1. The van der Waals surface area contributed by atoms with Crippen molar-refractivity contribution in [2.45, 2.75) is 47.3 Å². The molecule has 0 aliphatic heterocycles. The van der Waals surface area contributed by atoms with Crippen LogP contribution in [-0.4, -0.2) is 21.2 Å². The minimum atomic E-state index is -4.43. The average molecular weight is 592 g/mol. The molecule has 12 heteroatoms. The summed E-state index contributed by atoms with van der Waals surface area (Å²) in [6.07, 6.45) is -2.94. The van der Waals surface area contributed by atoms with E-state index in [1.165, 1.54) is 18.3 Å². The van der Waals surface area contributed by atoms with Crippen molar-refractivity contribution < 1.29 is 22.8 Å². The first-order valence-corrected chi connectivity index (χ1v) is 13.5. The summed E-state index contributed by atoms with van der Waals surface area (Å²) < 4.78 is 43.4. The van der Waals surface area contributed by atoms with E-state index in [0.29, 0.717) is 33.0 Å². The molecule has 7 nitrogen and oxygen atoms in total. The van der Waals surface area contributed by atoms with Crippen molar-refractivity contribution in [3.05, 3.63) is 76.4 Å². The summed E-state index contributed by atoms with van der Waals surface area (Å²) in [4.78, 5) is 29.6. The first-order valence-electron chi connectivity index (χ1n) is 12.4. The van der Waals surface area contributed by atoms with Crippen LogP contribution in [0.3, 0.4) is 0 Å². The van der Waals surface area contributed by atoms with Gasteiger partial charge in [-0.15, -0.1) is 0 Å². The Kier molecular flexibility index (Phi) is 9.75. The van der Waals surface area contributed by atoms with Gasteiger partial charge in [-0.1, -0.05) is 52.3 Å². The zero-order valence-electron chi connectivity index (χ0n) is 22.5. The van der Waals surface area contributed by atoms with Crippen molar-refractivity contribution in [2.75, 3.05) is 10.6 Å². The van der Waals surface area contributed by atoms with Gasteiger partial charge >= 0.3 is 6.18 Å². The van der Waals surface area contributed by atoms with Crippen LogP contribution in [0, 0.1) is 5.41 Å². The monoisotopic (exact) mass is 591 g/mol. The van der Waals surface area contributed by atoms with E-state index in [-0.39, 0.29) is 23.0 Å². The Hall–Kier alpha value is -3.70. The number of carbonyl (C=O) groups excluding carboxylic acids is 2. The largest absolute Gasteiger partial charge is 0.416 e. The van der Waals surface area contributed by atoms with Crippen LogP contribution in [0.25, 0.3) is 10.2 Å². The van der Waals surface area contributed by atoms with Crippen LogP contribution in [-0.2, 0) is 17.5 Å². The third-order valence-electron chi connectivity index (χ3n) is 5.49. The molecule has 0 saturated carbocycles. The fraction of sp³-hybridized carbons (Fsp3) is 0.286. The highest BCUT2D eigenvalue weighted by molar-refractivity contribution is 7.14. The second kappa shape index (κ2) is 12.6. The number of carbonyl (C=O) groups is 2. The number of nitrogens with zero attached hydrogens (tertiary/aromatic N) is 2. The summed E-state index contributed by atoms with van der Waals surface area (Å²) >= 11 is 7.37. The van der Waals surface area contributed by atoms with Crippen LogP contribution in [0.2, 0.25) is 5.02 Å². The quantitative estimate of drug-likeness (QED) is 0.211.